The van der Waals surface area contributed by atoms with Gasteiger partial charge in [0.15, 0.2) is 5.69 Å². The van der Waals surface area contributed by atoms with Crippen molar-refractivity contribution in [2.45, 2.75) is 12.4 Å². The van der Waals surface area contributed by atoms with Crippen LogP contribution in [0.3, 0.4) is 0 Å². The Morgan fingerprint density at radius 3 is 2.29 bits per heavy atom. The van der Waals surface area contributed by atoms with Crippen LogP contribution in [-0.2, 0) is 12.4 Å². The third-order valence-corrected chi connectivity index (χ3v) is 2.91. The minimum absolute atomic E-state index is 0.0548. The Morgan fingerprint density at radius 2 is 1.67 bits per heavy atom. The van der Waals surface area contributed by atoms with E-state index in [0.717, 1.165) is 0 Å². The van der Waals surface area contributed by atoms with Gasteiger partial charge in [0.25, 0.3) is 0 Å². The Balaban J connectivity index is 2.45. The van der Waals surface area contributed by atoms with Crippen molar-refractivity contribution < 1.29 is 26.3 Å². The maximum atomic E-state index is 12.8. The molecule has 9 heteroatoms. The summed E-state index contributed by atoms with van der Waals surface area (Å²) < 4.78 is 78.1. The second-order valence-corrected chi connectivity index (χ2v) is 4.28. The third-order valence-electron chi connectivity index (χ3n) is 2.91. The zero-order chi connectivity index (χ0) is 15.4. The third kappa shape index (κ3) is 2.18. The van der Waals surface area contributed by atoms with E-state index in [9.17, 15) is 26.3 Å². The lowest BCUT2D eigenvalue weighted by molar-refractivity contribution is -0.164. The molecule has 0 N–H and O–H groups in total. The fraction of sp³-hybridized carbons (Fsp3) is 0.167. The number of imidazole rings is 1. The van der Waals surface area contributed by atoms with Crippen molar-refractivity contribution >= 4 is 16.7 Å². The number of nitrogens with zero attached hydrogens (tertiary/aromatic N) is 3. The molecule has 0 saturated heterocycles. The van der Waals surface area contributed by atoms with Crippen molar-refractivity contribution in [1.82, 2.24) is 14.4 Å². The van der Waals surface area contributed by atoms with E-state index in [-0.39, 0.29) is 11.0 Å². The number of hydrogen-bond donors (Lipinski definition) is 0. The molecule has 0 unspecified atom stereocenters. The van der Waals surface area contributed by atoms with Crippen LogP contribution in [0.1, 0.15) is 11.3 Å². The van der Waals surface area contributed by atoms with Crippen LogP contribution >= 0.6 is 0 Å². The van der Waals surface area contributed by atoms with Gasteiger partial charge in [-0.15, -0.1) is 0 Å². The Hall–Kier alpha value is -2.32. The lowest BCUT2D eigenvalue weighted by Gasteiger charge is -2.15. The molecule has 0 spiro atoms. The molecule has 3 nitrogen and oxygen atoms in total. The SMILES string of the molecule is FC(F)(F)c1cc2ccc3nccn3c2nc1C(F)(F)F. The molecular formula is C12H5F6N3. The van der Waals surface area contributed by atoms with Crippen LogP contribution < -0.4 is 0 Å². The fourth-order valence-corrected chi connectivity index (χ4v) is 2.05. The summed E-state index contributed by atoms with van der Waals surface area (Å²) in [6.45, 7) is 0. The average Bonchev–Trinajstić information content (AvgIpc) is 2.83. The summed E-state index contributed by atoms with van der Waals surface area (Å²) in [6, 6.07) is 3.10. The van der Waals surface area contributed by atoms with Gasteiger partial charge in [-0.1, -0.05) is 0 Å². The largest absolute Gasteiger partial charge is 0.434 e. The quantitative estimate of drug-likeness (QED) is 0.589. The van der Waals surface area contributed by atoms with E-state index in [4.69, 9.17) is 0 Å². The summed E-state index contributed by atoms with van der Waals surface area (Å²) in [5, 5.41) is -0.0548. The standard InChI is InChI=1S/C12H5F6N3/c13-11(14,15)7-5-6-1-2-8-19-3-4-21(8)10(6)20-9(7)12(16,17)18/h1-5H. The minimum Gasteiger partial charge on any atom is -0.284 e. The average molecular weight is 305 g/mol. The number of alkyl halides is 6. The van der Waals surface area contributed by atoms with Crippen molar-refractivity contribution in [2.75, 3.05) is 0 Å². The predicted molar refractivity (Wildman–Crippen MR) is 60.5 cm³/mol. The first-order valence-electron chi connectivity index (χ1n) is 5.59. The zero-order valence-corrected chi connectivity index (χ0v) is 10.00. The van der Waals surface area contributed by atoms with E-state index >= 15 is 0 Å². The molecule has 110 valence electrons. The number of halogens is 6. The van der Waals surface area contributed by atoms with Gasteiger partial charge in [0.2, 0.25) is 0 Å². The molecule has 0 aliphatic carbocycles. The summed E-state index contributed by atoms with van der Waals surface area (Å²) in [7, 11) is 0. The summed E-state index contributed by atoms with van der Waals surface area (Å²) in [4.78, 5) is 7.04. The van der Waals surface area contributed by atoms with E-state index in [1.807, 2.05) is 0 Å². The molecule has 0 aromatic carbocycles. The zero-order valence-electron chi connectivity index (χ0n) is 10.00. The van der Waals surface area contributed by atoms with E-state index in [2.05, 4.69) is 9.97 Å². The Kier molecular flexibility index (Phi) is 2.66. The number of fused-ring (bicyclic) bond motifs is 3. The van der Waals surface area contributed by atoms with Gasteiger partial charge in [-0.3, -0.25) is 4.40 Å². The van der Waals surface area contributed by atoms with Gasteiger partial charge in [0, 0.05) is 17.8 Å². The highest BCUT2D eigenvalue weighted by Gasteiger charge is 2.45. The number of rotatable bonds is 0. The highest BCUT2D eigenvalue weighted by Crippen LogP contribution is 2.40. The van der Waals surface area contributed by atoms with Crippen LogP contribution in [0, 0.1) is 0 Å². The Morgan fingerprint density at radius 1 is 0.952 bits per heavy atom. The molecule has 0 saturated carbocycles. The van der Waals surface area contributed by atoms with Crippen LogP contribution in [0.15, 0.2) is 30.6 Å². The minimum atomic E-state index is -5.21. The van der Waals surface area contributed by atoms with E-state index in [0.29, 0.717) is 11.7 Å². The normalized spacial score (nSPS) is 13.2. The molecule has 21 heavy (non-hydrogen) atoms. The van der Waals surface area contributed by atoms with Crippen molar-refractivity contribution in [3.63, 3.8) is 0 Å². The molecule has 3 aromatic rings. The molecule has 0 fully saturated rings. The maximum Gasteiger partial charge on any atom is 0.434 e. The Labute approximate surface area is 112 Å². The van der Waals surface area contributed by atoms with E-state index < -0.39 is 23.6 Å². The topological polar surface area (TPSA) is 30.2 Å². The smallest absolute Gasteiger partial charge is 0.284 e. The second kappa shape index (κ2) is 4.09. The highest BCUT2D eigenvalue weighted by molar-refractivity contribution is 5.79. The van der Waals surface area contributed by atoms with Gasteiger partial charge in [-0.2, -0.15) is 26.3 Å². The maximum absolute atomic E-state index is 12.8. The lowest BCUT2D eigenvalue weighted by Crippen LogP contribution is -2.19. The number of hydrogen-bond acceptors (Lipinski definition) is 2. The molecule has 0 atom stereocenters. The molecule has 0 amide bonds. The van der Waals surface area contributed by atoms with Crippen LogP contribution in [-0.4, -0.2) is 14.4 Å². The van der Waals surface area contributed by atoms with Gasteiger partial charge < -0.3 is 0 Å². The summed E-state index contributed by atoms with van der Waals surface area (Å²) >= 11 is 0. The van der Waals surface area contributed by atoms with Crippen LogP contribution in [0.25, 0.3) is 16.7 Å². The van der Waals surface area contributed by atoms with E-state index in [1.54, 1.807) is 0 Å². The molecule has 3 aromatic heterocycles. The van der Waals surface area contributed by atoms with Crippen molar-refractivity contribution in [3.05, 3.63) is 41.9 Å². The van der Waals surface area contributed by atoms with Crippen molar-refractivity contribution in [2.24, 2.45) is 0 Å². The summed E-state index contributed by atoms with van der Waals surface area (Å²) in [5.41, 5.74) is -3.70. The summed E-state index contributed by atoms with van der Waals surface area (Å²) in [5.74, 6) is 0. The van der Waals surface area contributed by atoms with Crippen LogP contribution in [0.5, 0.6) is 0 Å². The van der Waals surface area contributed by atoms with Gasteiger partial charge >= 0.3 is 12.4 Å². The molecule has 0 aliphatic rings. The first-order valence-corrected chi connectivity index (χ1v) is 5.59. The second-order valence-electron chi connectivity index (χ2n) is 4.28. The number of aromatic nitrogens is 3. The molecule has 0 aliphatic heterocycles. The van der Waals surface area contributed by atoms with Crippen LogP contribution in [0.4, 0.5) is 26.3 Å². The predicted octanol–water partition coefficient (Wildman–Crippen LogP) is 3.92. The number of pyridine rings is 2. The lowest BCUT2D eigenvalue weighted by atomic mass is 10.1. The van der Waals surface area contributed by atoms with Gasteiger partial charge in [0.1, 0.15) is 11.3 Å². The van der Waals surface area contributed by atoms with Crippen molar-refractivity contribution in [3.8, 4) is 0 Å². The molecule has 0 bridgehead atoms. The first-order chi connectivity index (χ1) is 9.68. The first kappa shape index (κ1) is 13.7. The van der Waals surface area contributed by atoms with E-state index in [1.165, 1.54) is 28.9 Å². The fourth-order valence-electron chi connectivity index (χ4n) is 2.05. The van der Waals surface area contributed by atoms with Crippen molar-refractivity contribution in [1.29, 1.82) is 0 Å². The molecule has 3 heterocycles. The highest BCUT2D eigenvalue weighted by atomic mass is 19.4. The van der Waals surface area contributed by atoms with Gasteiger partial charge in [0.05, 0.1) is 5.56 Å². The monoisotopic (exact) mass is 305 g/mol. The van der Waals surface area contributed by atoms with Gasteiger partial charge in [-0.05, 0) is 18.2 Å². The molecular weight excluding hydrogens is 300 g/mol. The summed E-state index contributed by atoms with van der Waals surface area (Å²) in [6.07, 6.45) is -7.70. The van der Waals surface area contributed by atoms with Gasteiger partial charge in [-0.25, -0.2) is 9.97 Å². The molecule has 0 radical (unpaired) electrons. The Bertz CT molecular complexity index is 830. The molecule has 3 rings (SSSR count). The van der Waals surface area contributed by atoms with Crippen LogP contribution in [0.2, 0.25) is 0 Å².